The predicted molar refractivity (Wildman–Crippen MR) is 86.2 cm³/mol. The molecule has 0 radical (unpaired) electrons. The minimum atomic E-state index is 0. The zero-order valence-electron chi connectivity index (χ0n) is 8.55. The lowest BCUT2D eigenvalue weighted by atomic mass is 10.2. The highest BCUT2D eigenvalue weighted by Gasteiger charge is 2.38. The van der Waals surface area contributed by atoms with E-state index >= 15 is 0 Å². The van der Waals surface area contributed by atoms with Crippen molar-refractivity contribution in [2.45, 2.75) is 56.2 Å². The van der Waals surface area contributed by atoms with Crippen molar-refractivity contribution >= 4 is 9.52 Å². The molecule has 4 heteroatoms. The van der Waals surface area contributed by atoms with E-state index in [2.05, 4.69) is 6.55 Å². The van der Waals surface area contributed by atoms with E-state index < -0.39 is 0 Å². The van der Waals surface area contributed by atoms with E-state index in [1.54, 1.807) is 14.2 Å². The topological polar surface area (TPSA) is 31.0 Å². The average molecular weight is 273 g/mol. The minimum Gasteiger partial charge on any atom is -0.389 e. The molecule has 0 spiro atoms. The molecule has 3 nitrogen and oxygen atoms in total. The maximum Gasteiger partial charge on any atom is 0.112 e. The zero-order valence-corrected chi connectivity index (χ0v) is 9.97. The maximum absolute atomic E-state index is 5.01. The van der Waals surface area contributed by atoms with Gasteiger partial charge >= 0.3 is 0 Å². The molecule has 1 heterocycles. The van der Waals surface area contributed by atoms with Gasteiger partial charge in [0, 0.05) is 30.0 Å². The van der Waals surface area contributed by atoms with Crippen molar-refractivity contribution in [2.24, 2.45) is 0 Å². The maximum atomic E-state index is 5.01. The van der Waals surface area contributed by atoms with Crippen LogP contribution < -0.4 is 0 Å². The fourth-order valence-electron chi connectivity index (χ4n) is 0.716. The second-order valence-corrected chi connectivity index (χ2v) is 4.57. The predicted octanol–water partition coefficient (Wildman–Crippen LogP) is 3.41. The van der Waals surface area contributed by atoms with Gasteiger partial charge in [-0.3, -0.25) is 0 Å². The molecule has 0 saturated carbocycles. The largest absolute Gasteiger partial charge is 0.389 e. The van der Waals surface area contributed by atoms with Gasteiger partial charge in [-0.1, -0.05) is 43.7 Å². The summed E-state index contributed by atoms with van der Waals surface area (Å²) in [6.07, 6.45) is 1.03. The number of rotatable bonds is 4. The summed E-state index contributed by atoms with van der Waals surface area (Å²) in [5, 5.41) is 0. The van der Waals surface area contributed by atoms with Gasteiger partial charge in [0.25, 0.3) is 0 Å². The molecule has 0 aromatic carbocycles. The highest BCUT2D eigenvalue weighted by atomic mass is 28.2. The summed E-state index contributed by atoms with van der Waals surface area (Å²) in [7, 11) is 3.63. The van der Waals surface area contributed by atoms with Gasteiger partial charge in [-0.25, -0.2) is 0 Å². The third-order valence-electron chi connectivity index (χ3n) is 1.50. The molecule has 0 aromatic rings. The lowest BCUT2D eigenvalue weighted by Crippen LogP contribution is -2.11. The first-order chi connectivity index (χ1) is 5.68. The van der Waals surface area contributed by atoms with E-state index in [0.717, 1.165) is 19.4 Å². The molecule has 0 N–H and O–H groups in total. The van der Waals surface area contributed by atoms with E-state index in [4.69, 9.17) is 14.2 Å². The quantitative estimate of drug-likeness (QED) is 0.580. The van der Waals surface area contributed by atoms with Crippen LogP contribution in [0.1, 0.15) is 44.1 Å². The average Bonchev–Trinajstić information content (AvgIpc) is 2.72. The number of ether oxygens (including phenoxy) is 3. The Hall–Kier alpha value is 0.0969. The number of hydrogen-bond acceptors (Lipinski definition) is 3. The van der Waals surface area contributed by atoms with Crippen molar-refractivity contribution in [1.29, 1.82) is 0 Å². The molecular formula is C13H40O3Si. The Bertz CT molecular complexity index is 105. The van der Waals surface area contributed by atoms with Crippen LogP contribution in [0.5, 0.6) is 0 Å². The number of methoxy groups -OCH3 is 2. The zero-order chi connectivity index (χ0) is 9.45. The molecule has 1 rings (SSSR count). The van der Waals surface area contributed by atoms with E-state index in [0.29, 0.717) is 0 Å². The third-order valence-corrected chi connectivity index (χ3v) is 2.31. The molecule has 0 aliphatic carbocycles. The molecule has 0 aromatic heterocycles. The second-order valence-electron chi connectivity index (χ2n) is 3.16. The Labute approximate surface area is 114 Å². The summed E-state index contributed by atoms with van der Waals surface area (Å²) >= 11 is 0. The minimum absolute atomic E-state index is 0. The van der Waals surface area contributed by atoms with Crippen LogP contribution in [0.15, 0.2) is 0 Å². The van der Waals surface area contributed by atoms with Crippen LogP contribution in [-0.4, -0.2) is 48.8 Å². The molecule has 1 unspecified atom stereocenters. The highest BCUT2D eigenvalue weighted by molar-refractivity contribution is 6.33. The molecule has 17 heavy (non-hydrogen) atoms. The number of epoxide rings is 1. The SMILES string of the molecule is C.C.C.C.C.COCC1(C)CO1.COC[SiH2]C. The van der Waals surface area contributed by atoms with E-state index in [-0.39, 0.29) is 52.3 Å². The van der Waals surface area contributed by atoms with Crippen molar-refractivity contribution in [3.63, 3.8) is 0 Å². The van der Waals surface area contributed by atoms with Crippen molar-refractivity contribution in [2.75, 3.05) is 33.7 Å². The van der Waals surface area contributed by atoms with Crippen LogP contribution in [0.3, 0.4) is 0 Å². The van der Waals surface area contributed by atoms with Crippen molar-refractivity contribution < 1.29 is 14.2 Å². The van der Waals surface area contributed by atoms with Crippen LogP contribution in [0.2, 0.25) is 6.55 Å². The third kappa shape index (κ3) is 26.0. The molecule has 114 valence electrons. The van der Waals surface area contributed by atoms with Crippen molar-refractivity contribution in [3.8, 4) is 0 Å². The lowest BCUT2D eigenvalue weighted by molar-refractivity contribution is 0.130. The van der Waals surface area contributed by atoms with Crippen LogP contribution in [-0.2, 0) is 14.2 Å². The van der Waals surface area contributed by atoms with Gasteiger partial charge in [0.2, 0.25) is 0 Å². The Morgan fingerprint density at radius 3 is 1.53 bits per heavy atom. The van der Waals surface area contributed by atoms with Gasteiger partial charge in [-0.2, -0.15) is 0 Å². The molecule has 1 atom stereocenters. The Balaban J connectivity index is -0.0000000284. The molecule has 1 aliphatic heterocycles. The smallest absolute Gasteiger partial charge is 0.112 e. The van der Waals surface area contributed by atoms with Crippen LogP contribution in [0, 0.1) is 0 Å². The fourth-order valence-corrected chi connectivity index (χ4v) is 1.12. The summed E-state index contributed by atoms with van der Waals surface area (Å²) in [6.45, 7) is 5.86. The highest BCUT2D eigenvalue weighted by Crippen LogP contribution is 2.25. The summed E-state index contributed by atoms with van der Waals surface area (Å²) in [5.74, 6) is 0. The van der Waals surface area contributed by atoms with E-state index in [1.807, 2.05) is 6.92 Å². The monoisotopic (exact) mass is 272 g/mol. The molecule has 1 saturated heterocycles. The molecule has 0 amide bonds. The van der Waals surface area contributed by atoms with Gasteiger partial charge in [0.1, 0.15) is 5.60 Å². The Kier molecular flexibility index (Phi) is 45.3. The standard InChI is InChI=1S/C5H10O2.C3H10OSi.5CH4/c1-5(3-6-2)4-7-5;1-4-3-5-2;;;;;/h3-4H2,1-2H3;3,5H2,1-2H3;5*1H4. The van der Waals surface area contributed by atoms with Crippen molar-refractivity contribution in [1.82, 2.24) is 0 Å². The molecule has 1 fully saturated rings. The van der Waals surface area contributed by atoms with Crippen LogP contribution in [0.4, 0.5) is 0 Å². The molecular weight excluding hydrogens is 232 g/mol. The van der Waals surface area contributed by atoms with Gasteiger partial charge in [-0.15, -0.1) is 0 Å². The van der Waals surface area contributed by atoms with Gasteiger partial charge < -0.3 is 14.2 Å². The molecule has 0 bridgehead atoms. The van der Waals surface area contributed by atoms with Crippen LogP contribution in [0.25, 0.3) is 0 Å². The molecule has 1 aliphatic rings. The Morgan fingerprint density at radius 1 is 1.06 bits per heavy atom. The fraction of sp³-hybridized carbons (Fsp3) is 1.00. The first-order valence-corrected chi connectivity index (χ1v) is 6.72. The number of hydrogen-bond donors (Lipinski definition) is 0. The van der Waals surface area contributed by atoms with Crippen LogP contribution >= 0.6 is 0 Å². The second kappa shape index (κ2) is 21.4. The summed E-state index contributed by atoms with van der Waals surface area (Å²) in [5.41, 5.74) is 0.0781. The van der Waals surface area contributed by atoms with Gasteiger partial charge in [0.15, 0.2) is 0 Å². The lowest BCUT2D eigenvalue weighted by Gasteiger charge is -1.98. The summed E-state index contributed by atoms with van der Waals surface area (Å²) in [6, 6.07) is 0. The summed E-state index contributed by atoms with van der Waals surface area (Å²) in [4.78, 5) is 0. The van der Waals surface area contributed by atoms with Gasteiger partial charge in [-0.05, 0) is 6.92 Å². The van der Waals surface area contributed by atoms with Gasteiger partial charge in [0.05, 0.1) is 13.2 Å². The van der Waals surface area contributed by atoms with Crippen molar-refractivity contribution in [3.05, 3.63) is 0 Å². The first-order valence-electron chi connectivity index (χ1n) is 4.30. The normalized spacial score (nSPS) is 19.1. The van der Waals surface area contributed by atoms with E-state index in [9.17, 15) is 0 Å². The first kappa shape index (κ1) is 36.0. The van der Waals surface area contributed by atoms with E-state index in [1.165, 1.54) is 0 Å². The Morgan fingerprint density at radius 2 is 1.47 bits per heavy atom. The summed E-state index contributed by atoms with van der Waals surface area (Å²) < 4.78 is 14.6.